The number of pyridine rings is 1. The lowest BCUT2D eigenvalue weighted by Gasteiger charge is -2.63. The normalized spacial score (nSPS) is 20.3. The van der Waals surface area contributed by atoms with E-state index in [1.54, 1.807) is 34.0 Å². The predicted molar refractivity (Wildman–Crippen MR) is 184 cm³/mol. The van der Waals surface area contributed by atoms with E-state index < -0.39 is 32.6 Å². The van der Waals surface area contributed by atoms with Crippen LogP contribution >= 0.6 is 11.6 Å². The first-order valence-corrected chi connectivity index (χ1v) is 18.4. The van der Waals surface area contributed by atoms with Gasteiger partial charge in [-0.05, 0) is 24.6 Å². The van der Waals surface area contributed by atoms with Crippen molar-refractivity contribution < 1.29 is 35.9 Å². The van der Waals surface area contributed by atoms with Crippen molar-refractivity contribution in [3.8, 4) is 11.8 Å². The molecule has 5 rings (SSSR count). The van der Waals surface area contributed by atoms with Gasteiger partial charge in [0.1, 0.15) is 17.9 Å². The van der Waals surface area contributed by atoms with Gasteiger partial charge in [-0.15, -0.1) is 0 Å². The maximum Gasteiger partial charge on any atom is 0.417 e. The van der Waals surface area contributed by atoms with Gasteiger partial charge in [0.05, 0.1) is 58.7 Å². The quantitative estimate of drug-likeness (QED) is 0.239. The maximum atomic E-state index is 13.2. The minimum Gasteiger partial charge on any atom is -0.489 e. The third-order valence-corrected chi connectivity index (χ3v) is 11.8. The first-order valence-electron chi connectivity index (χ1n) is 16.5. The van der Waals surface area contributed by atoms with Crippen molar-refractivity contribution in [3.63, 3.8) is 0 Å². The minimum atomic E-state index is -4.51. The molecule has 0 bridgehead atoms. The number of piperazine rings is 1. The number of carbonyl (C=O) groups excluding carboxylic acids is 1. The molecule has 1 aliphatic heterocycles. The Morgan fingerprint density at radius 3 is 2.43 bits per heavy atom. The first-order chi connectivity index (χ1) is 23.9. The van der Waals surface area contributed by atoms with Crippen LogP contribution in [0.1, 0.15) is 55.6 Å². The van der Waals surface area contributed by atoms with E-state index in [2.05, 4.69) is 15.4 Å². The molecule has 1 N–H and O–H groups in total. The highest BCUT2D eigenvalue weighted by atomic mass is 35.5. The van der Waals surface area contributed by atoms with Crippen LogP contribution in [0.25, 0.3) is 0 Å². The van der Waals surface area contributed by atoms with Gasteiger partial charge in [-0.25, -0.2) is 8.42 Å². The van der Waals surface area contributed by atoms with Gasteiger partial charge in [0, 0.05) is 68.1 Å². The van der Waals surface area contributed by atoms with Crippen molar-refractivity contribution >= 4 is 33.2 Å². The number of nitrogens with one attached hydrogen (secondary N) is 1. The van der Waals surface area contributed by atoms with Gasteiger partial charge in [-0.3, -0.25) is 14.5 Å². The summed E-state index contributed by atoms with van der Waals surface area (Å²) in [6, 6.07) is 7.79. The van der Waals surface area contributed by atoms with Crippen molar-refractivity contribution in [1.29, 1.82) is 5.26 Å². The van der Waals surface area contributed by atoms with E-state index in [9.17, 15) is 26.4 Å². The van der Waals surface area contributed by atoms with Crippen LogP contribution in [-0.2, 0) is 27.5 Å². The van der Waals surface area contributed by atoms with Crippen LogP contribution in [0.5, 0.6) is 5.75 Å². The standard InChI is InChI=1S/C34H41ClF3N7O5S/c1-32(2)30(33(3,4)31(32)50-27-7-6-23(18-39)28(35)17-27)42-29(46)24-19-41-44(22-24)12-14-49-13-5-15-51(47,48)45-10-8-43(9-11-45)26-16-25(20-40-21-26)34(36,37)38/h6-7,16-17,19-22,30-31H,5,8-15H2,1-4H3,(H,42,46). The van der Waals surface area contributed by atoms with Crippen molar-refractivity contribution in [2.45, 2.75) is 59.0 Å². The maximum absolute atomic E-state index is 13.2. The van der Waals surface area contributed by atoms with Crippen molar-refractivity contribution in [3.05, 3.63) is 70.8 Å². The Labute approximate surface area is 300 Å². The second-order valence-electron chi connectivity index (χ2n) is 13.9. The molecule has 0 unspecified atom stereocenters. The fourth-order valence-electron chi connectivity index (χ4n) is 7.13. The lowest BCUT2D eigenvalue weighted by Crippen LogP contribution is -2.74. The number of anilines is 1. The molecule has 0 spiro atoms. The van der Waals surface area contributed by atoms with Crippen molar-refractivity contribution in [2.75, 3.05) is 50.0 Å². The number of rotatable bonds is 13. The SMILES string of the molecule is CC1(C)C(NC(=O)c2cnn(CCOCCCS(=O)(=O)N3CCN(c4cncc(C(F)(F)F)c4)CC3)c2)C(C)(C)C1Oc1ccc(C#N)c(Cl)c1. The topological polar surface area (TPSA) is 143 Å². The molecule has 3 aromatic rings. The van der Waals surface area contributed by atoms with E-state index in [-0.39, 0.29) is 69.6 Å². The highest BCUT2D eigenvalue weighted by Crippen LogP contribution is 2.55. The Kier molecular flexibility index (Phi) is 11.3. The van der Waals surface area contributed by atoms with Crippen LogP contribution in [0.3, 0.4) is 0 Å². The fourth-order valence-corrected chi connectivity index (χ4v) is 8.80. The predicted octanol–water partition coefficient (Wildman–Crippen LogP) is 4.99. The Morgan fingerprint density at radius 2 is 1.78 bits per heavy atom. The fraction of sp³-hybridized carbons (Fsp3) is 0.529. The smallest absolute Gasteiger partial charge is 0.417 e. The summed E-state index contributed by atoms with van der Waals surface area (Å²) in [7, 11) is -3.57. The number of carbonyl (C=O) groups is 1. The molecule has 2 fully saturated rings. The Hall–Kier alpha value is -3.91. The molecule has 1 saturated carbocycles. The third-order valence-electron chi connectivity index (χ3n) is 9.53. The van der Waals surface area contributed by atoms with Gasteiger partial charge in [-0.1, -0.05) is 39.3 Å². The highest BCUT2D eigenvalue weighted by molar-refractivity contribution is 7.89. The van der Waals surface area contributed by atoms with Gasteiger partial charge >= 0.3 is 6.18 Å². The van der Waals surface area contributed by atoms with E-state index in [0.29, 0.717) is 34.1 Å². The van der Waals surface area contributed by atoms with E-state index in [1.807, 2.05) is 33.8 Å². The second-order valence-corrected chi connectivity index (χ2v) is 16.4. The van der Waals surface area contributed by atoms with Crippen molar-refractivity contribution in [1.82, 2.24) is 24.4 Å². The molecule has 2 aromatic heterocycles. The lowest BCUT2D eigenvalue weighted by atomic mass is 9.49. The largest absolute Gasteiger partial charge is 0.489 e. The van der Waals surface area contributed by atoms with Crippen LogP contribution < -0.4 is 15.0 Å². The Bertz CT molecular complexity index is 1860. The summed E-state index contributed by atoms with van der Waals surface area (Å²) in [4.78, 5) is 18.6. The molecule has 0 radical (unpaired) electrons. The average molecular weight is 752 g/mol. The van der Waals surface area contributed by atoms with Gasteiger partial charge < -0.3 is 19.7 Å². The van der Waals surface area contributed by atoms with Gasteiger partial charge in [0.15, 0.2) is 0 Å². The number of nitrogens with zero attached hydrogens (tertiary/aromatic N) is 6. The number of hydrogen-bond acceptors (Lipinski definition) is 9. The summed E-state index contributed by atoms with van der Waals surface area (Å²) >= 11 is 6.19. The molecule has 0 atom stereocenters. The van der Waals surface area contributed by atoms with Crippen LogP contribution in [0.4, 0.5) is 18.9 Å². The second kappa shape index (κ2) is 15.0. The minimum absolute atomic E-state index is 0.120. The van der Waals surface area contributed by atoms with Crippen LogP contribution in [0, 0.1) is 22.2 Å². The molecule has 1 aliphatic carbocycles. The zero-order chi connectivity index (χ0) is 37.2. The van der Waals surface area contributed by atoms with Gasteiger partial charge in [-0.2, -0.15) is 27.8 Å². The zero-order valence-corrected chi connectivity index (χ0v) is 30.4. The van der Waals surface area contributed by atoms with E-state index in [0.717, 1.165) is 12.3 Å². The third kappa shape index (κ3) is 8.60. The summed E-state index contributed by atoms with van der Waals surface area (Å²) in [6.07, 6.45) is 0.738. The van der Waals surface area contributed by atoms with E-state index >= 15 is 0 Å². The summed E-state index contributed by atoms with van der Waals surface area (Å²) in [5.74, 6) is 0.156. The Morgan fingerprint density at radius 1 is 1.08 bits per heavy atom. The molecule has 12 nitrogen and oxygen atoms in total. The Balaban J connectivity index is 1.02. The molecular formula is C34H41ClF3N7O5S. The molecule has 1 aromatic carbocycles. The number of amides is 1. The summed E-state index contributed by atoms with van der Waals surface area (Å²) in [5.41, 5.74) is -0.632. The number of benzene rings is 1. The highest BCUT2D eigenvalue weighted by Gasteiger charge is 2.64. The molecule has 276 valence electrons. The van der Waals surface area contributed by atoms with Gasteiger partial charge in [0.2, 0.25) is 10.0 Å². The van der Waals surface area contributed by atoms with Crippen LogP contribution in [0.15, 0.2) is 49.1 Å². The number of nitriles is 1. The molecule has 3 heterocycles. The van der Waals surface area contributed by atoms with E-state index in [4.69, 9.17) is 26.3 Å². The van der Waals surface area contributed by atoms with Crippen LogP contribution in [0.2, 0.25) is 5.02 Å². The number of hydrogen-bond donors (Lipinski definition) is 1. The summed E-state index contributed by atoms with van der Waals surface area (Å²) < 4.78 is 79.8. The number of halogens is 4. The summed E-state index contributed by atoms with van der Waals surface area (Å²) in [5, 5.41) is 16.9. The van der Waals surface area contributed by atoms with E-state index in [1.165, 1.54) is 16.7 Å². The average Bonchev–Trinajstić information content (AvgIpc) is 3.56. The zero-order valence-electron chi connectivity index (χ0n) is 28.8. The number of aromatic nitrogens is 3. The number of alkyl halides is 3. The van der Waals surface area contributed by atoms with Crippen molar-refractivity contribution in [2.24, 2.45) is 10.8 Å². The van der Waals surface area contributed by atoms with Crippen LogP contribution in [-0.4, -0.2) is 90.7 Å². The molecule has 2 aliphatic rings. The molecule has 17 heteroatoms. The van der Waals surface area contributed by atoms with Gasteiger partial charge in [0.25, 0.3) is 5.91 Å². The monoisotopic (exact) mass is 751 g/mol. The molecular weight excluding hydrogens is 711 g/mol. The first kappa shape index (κ1) is 38.3. The number of sulfonamides is 1. The lowest BCUT2D eigenvalue weighted by molar-refractivity contribution is -0.164. The summed E-state index contributed by atoms with van der Waals surface area (Å²) in [6.45, 7) is 9.73. The number of ether oxygens (including phenoxy) is 2. The molecule has 1 amide bonds. The molecule has 1 saturated heterocycles. The molecule has 51 heavy (non-hydrogen) atoms.